The Hall–Kier alpha value is -4.41. The van der Waals surface area contributed by atoms with E-state index in [2.05, 4.69) is 20.7 Å². The van der Waals surface area contributed by atoms with Gasteiger partial charge in [-0.05, 0) is 48.9 Å². The first-order valence-corrected chi connectivity index (χ1v) is 10.1. The van der Waals surface area contributed by atoms with Gasteiger partial charge in [0.1, 0.15) is 5.65 Å². The zero-order valence-corrected chi connectivity index (χ0v) is 18.2. The molecule has 4 aromatic rings. The molecule has 3 heterocycles. The minimum atomic E-state index is -4.61. The van der Waals surface area contributed by atoms with Gasteiger partial charge in [-0.15, -0.1) is 0 Å². The summed E-state index contributed by atoms with van der Waals surface area (Å²) >= 11 is 0. The predicted octanol–water partition coefficient (Wildman–Crippen LogP) is 4.97. The van der Waals surface area contributed by atoms with E-state index in [1.165, 1.54) is 23.0 Å². The van der Waals surface area contributed by atoms with Crippen molar-refractivity contribution in [1.82, 2.24) is 19.2 Å². The van der Waals surface area contributed by atoms with Crippen LogP contribution in [0.15, 0.2) is 66.6 Å². The van der Waals surface area contributed by atoms with E-state index < -0.39 is 17.6 Å². The number of benzene rings is 1. The summed E-state index contributed by atoms with van der Waals surface area (Å²) < 4.78 is 43.9. The van der Waals surface area contributed by atoms with Gasteiger partial charge in [-0.1, -0.05) is 6.07 Å². The van der Waals surface area contributed by atoms with Crippen molar-refractivity contribution >= 4 is 29.4 Å². The summed E-state index contributed by atoms with van der Waals surface area (Å²) in [6.45, 7) is 1.72. The molecule has 0 unspecified atom stereocenters. The van der Waals surface area contributed by atoms with Gasteiger partial charge in [-0.25, -0.2) is 4.98 Å². The highest BCUT2D eigenvalue weighted by molar-refractivity contribution is 6.06. The third-order valence-corrected chi connectivity index (χ3v) is 5.00. The summed E-state index contributed by atoms with van der Waals surface area (Å²) in [5.41, 5.74) is 0.222. The molecule has 0 aliphatic heterocycles. The second-order valence-electron chi connectivity index (χ2n) is 7.50. The van der Waals surface area contributed by atoms with Gasteiger partial charge in [0.15, 0.2) is 11.6 Å². The normalized spacial score (nSPS) is 12.1. The molecule has 11 heteroatoms. The van der Waals surface area contributed by atoms with Crippen molar-refractivity contribution in [1.29, 1.82) is 5.41 Å². The van der Waals surface area contributed by atoms with Crippen molar-refractivity contribution in [2.24, 2.45) is 7.05 Å². The SMILES string of the molecule is C/C(C=N)=C/Nc1nc2ccccn2c1NC(=O)c1ccc(C(F)(F)F)c(-c2ccn(C)n2)c1. The summed E-state index contributed by atoms with van der Waals surface area (Å²) in [6.07, 6.45) is 1.33. The number of hydrogen-bond donors (Lipinski definition) is 3. The van der Waals surface area contributed by atoms with Crippen molar-refractivity contribution in [3.63, 3.8) is 0 Å². The molecule has 174 valence electrons. The summed E-state index contributed by atoms with van der Waals surface area (Å²) in [5, 5.41) is 17.1. The fourth-order valence-electron chi connectivity index (χ4n) is 3.32. The largest absolute Gasteiger partial charge is 0.417 e. The molecule has 0 bridgehead atoms. The van der Waals surface area contributed by atoms with Crippen LogP contribution in [0.1, 0.15) is 22.8 Å². The first-order chi connectivity index (χ1) is 16.2. The molecule has 0 aliphatic rings. The minimum Gasteiger partial charge on any atom is -0.343 e. The van der Waals surface area contributed by atoms with Crippen LogP contribution in [0.25, 0.3) is 16.9 Å². The number of halogens is 3. The Kier molecular flexibility index (Phi) is 5.93. The highest BCUT2D eigenvalue weighted by Gasteiger charge is 2.34. The Labute approximate surface area is 192 Å². The minimum absolute atomic E-state index is 0.0247. The lowest BCUT2D eigenvalue weighted by atomic mass is 10.0. The molecule has 0 fully saturated rings. The quantitative estimate of drug-likeness (QED) is 0.349. The molecule has 34 heavy (non-hydrogen) atoms. The number of fused-ring (bicyclic) bond motifs is 1. The maximum atomic E-state index is 13.6. The smallest absolute Gasteiger partial charge is 0.343 e. The van der Waals surface area contributed by atoms with Crippen LogP contribution in [0.2, 0.25) is 0 Å². The number of hydrogen-bond acceptors (Lipinski definition) is 5. The number of aryl methyl sites for hydroxylation is 1. The van der Waals surface area contributed by atoms with Gasteiger partial charge in [-0.2, -0.15) is 18.3 Å². The van der Waals surface area contributed by atoms with Crippen LogP contribution in [0.5, 0.6) is 0 Å². The van der Waals surface area contributed by atoms with Gasteiger partial charge in [0.05, 0.1) is 11.3 Å². The van der Waals surface area contributed by atoms with Crippen molar-refractivity contribution in [3.05, 3.63) is 77.8 Å². The van der Waals surface area contributed by atoms with E-state index in [0.29, 0.717) is 22.9 Å². The summed E-state index contributed by atoms with van der Waals surface area (Å²) in [7, 11) is 1.60. The van der Waals surface area contributed by atoms with Crippen LogP contribution < -0.4 is 10.6 Å². The average Bonchev–Trinajstić information content (AvgIpc) is 3.40. The molecule has 1 aromatic carbocycles. The fourth-order valence-corrected chi connectivity index (χ4v) is 3.32. The molecule has 8 nitrogen and oxygen atoms in total. The van der Waals surface area contributed by atoms with E-state index in [9.17, 15) is 18.0 Å². The van der Waals surface area contributed by atoms with Gasteiger partial charge in [-0.3, -0.25) is 13.9 Å². The number of anilines is 2. The number of alkyl halides is 3. The maximum absolute atomic E-state index is 13.6. The standard InChI is InChI=1S/C23H20F3N7O/c1-14(12-27)13-28-20-21(33-9-4-3-5-19(33)29-20)30-22(34)15-6-7-17(23(24,25)26)16(11-15)18-8-10-32(2)31-18/h3-13,27-28H,1-2H3,(H,30,34)/b14-13-,27-12?. The van der Waals surface area contributed by atoms with Crippen LogP contribution in [-0.2, 0) is 13.2 Å². The monoisotopic (exact) mass is 467 g/mol. The zero-order valence-electron chi connectivity index (χ0n) is 18.2. The number of imidazole rings is 1. The molecule has 0 aliphatic carbocycles. The molecule has 0 radical (unpaired) electrons. The third-order valence-electron chi connectivity index (χ3n) is 5.00. The lowest BCUT2D eigenvalue weighted by molar-refractivity contribution is -0.137. The molecule has 0 saturated carbocycles. The van der Waals surface area contributed by atoms with E-state index in [1.807, 2.05) is 0 Å². The van der Waals surface area contributed by atoms with E-state index in [1.54, 1.807) is 49.0 Å². The Bertz CT molecular complexity index is 1420. The number of carbonyl (C=O) groups excluding carboxylic acids is 1. The van der Waals surface area contributed by atoms with Gasteiger partial charge in [0.2, 0.25) is 0 Å². The summed E-state index contributed by atoms with van der Waals surface area (Å²) in [4.78, 5) is 17.5. The van der Waals surface area contributed by atoms with Crippen LogP contribution in [-0.4, -0.2) is 31.3 Å². The Balaban J connectivity index is 1.74. The van der Waals surface area contributed by atoms with Gasteiger partial charge < -0.3 is 16.0 Å². The van der Waals surface area contributed by atoms with Gasteiger partial charge in [0.25, 0.3) is 5.91 Å². The highest BCUT2D eigenvalue weighted by atomic mass is 19.4. The van der Waals surface area contributed by atoms with Crippen molar-refractivity contribution in [2.75, 3.05) is 10.6 Å². The molecular weight excluding hydrogens is 447 g/mol. The van der Waals surface area contributed by atoms with Crippen LogP contribution in [0.4, 0.5) is 24.8 Å². The maximum Gasteiger partial charge on any atom is 0.417 e. The lowest BCUT2D eigenvalue weighted by Gasteiger charge is -2.13. The molecule has 4 rings (SSSR count). The van der Waals surface area contributed by atoms with Crippen LogP contribution in [0.3, 0.4) is 0 Å². The zero-order chi connectivity index (χ0) is 24.5. The number of amides is 1. The molecule has 3 N–H and O–H groups in total. The van der Waals surface area contributed by atoms with Gasteiger partial charge >= 0.3 is 6.18 Å². The van der Waals surface area contributed by atoms with Crippen LogP contribution >= 0.6 is 0 Å². The predicted molar refractivity (Wildman–Crippen MR) is 123 cm³/mol. The number of aromatic nitrogens is 4. The first kappa shape index (κ1) is 22.8. The number of nitrogens with zero attached hydrogens (tertiary/aromatic N) is 4. The third kappa shape index (κ3) is 4.53. The molecule has 0 spiro atoms. The highest BCUT2D eigenvalue weighted by Crippen LogP contribution is 2.37. The lowest BCUT2D eigenvalue weighted by Crippen LogP contribution is -2.16. The summed E-state index contributed by atoms with van der Waals surface area (Å²) in [5.74, 6) is -0.00103. The Morgan fingerprint density at radius 1 is 1.15 bits per heavy atom. The molecule has 0 atom stereocenters. The average molecular weight is 467 g/mol. The number of allylic oxidation sites excluding steroid dienone is 1. The fraction of sp³-hybridized carbons (Fsp3) is 0.130. The number of rotatable bonds is 6. The molecule has 1 amide bonds. The van der Waals surface area contributed by atoms with E-state index in [4.69, 9.17) is 5.41 Å². The number of nitrogens with one attached hydrogen (secondary N) is 3. The second-order valence-corrected chi connectivity index (χ2v) is 7.50. The number of carbonyl (C=O) groups is 1. The van der Waals surface area contributed by atoms with Gasteiger partial charge in [0, 0.05) is 43.0 Å². The summed E-state index contributed by atoms with van der Waals surface area (Å²) in [6, 6.07) is 9.91. The molecule has 3 aromatic heterocycles. The topological polar surface area (TPSA) is 100 Å². The Morgan fingerprint density at radius 2 is 1.94 bits per heavy atom. The number of pyridine rings is 1. The van der Waals surface area contributed by atoms with Crippen molar-refractivity contribution in [3.8, 4) is 11.3 Å². The van der Waals surface area contributed by atoms with E-state index in [-0.39, 0.29) is 16.8 Å². The van der Waals surface area contributed by atoms with Crippen molar-refractivity contribution in [2.45, 2.75) is 13.1 Å². The van der Waals surface area contributed by atoms with E-state index in [0.717, 1.165) is 18.3 Å². The molecular formula is C23H20F3N7O. The Morgan fingerprint density at radius 3 is 2.62 bits per heavy atom. The second kappa shape index (κ2) is 8.85. The van der Waals surface area contributed by atoms with Crippen molar-refractivity contribution < 1.29 is 18.0 Å². The molecule has 0 saturated heterocycles. The van der Waals surface area contributed by atoms with Crippen LogP contribution in [0, 0.1) is 5.41 Å². The first-order valence-electron chi connectivity index (χ1n) is 10.1. The van der Waals surface area contributed by atoms with E-state index >= 15 is 0 Å².